The highest BCUT2D eigenvalue weighted by atomic mass is 32.2. The van der Waals surface area contributed by atoms with Crippen LogP contribution in [0.1, 0.15) is 38.1 Å². The van der Waals surface area contributed by atoms with Crippen LogP contribution in [0.3, 0.4) is 0 Å². The van der Waals surface area contributed by atoms with Crippen molar-refractivity contribution in [2.24, 2.45) is 0 Å². The van der Waals surface area contributed by atoms with Crippen molar-refractivity contribution in [3.05, 3.63) is 63.5 Å². The maximum absolute atomic E-state index is 12.6. The largest absolute Gasteiger partial charge is 0.305 e. The molecule has 0 aliphatic rings. The van der Waals surface area contributed by atoms with Crippen molar-refractivity contribution in [3.8, 4) is 0 Å². The molecule has 150 valence electrons. The van der Waals surface area contributed by atoms with E-state index in [-0.39, 0.29) is 11.6 Å². The SMILES string of the molecule is CCN(CC)S(=O)(=O)c1ccc([C@@H](C)NCc2cc(=O)n3ccsc3n2)cc1. The van der Waals surface area contributed by atoms with Gasteiger partial charge in [-0.05, 0) is 24.6 Å². The Morgan fingerprint density at radius 3 is 2.54 bits per heavy atom. The Balaban J connectivity index is 1.70. The van der Waals surface area contributed by atoms with Gasteiger partial charge in [-0.2, -0.15) is 4.31 Å². The summed E-state index contributed by atoms with van der Waals surface area (Å²) in [6, 6.07) is 8.43. The second-order valence-electron chi connectivity index (χ2n) is 6.40. The maximum Gasteiger partial charge on any atom is 0.258 e. The molecule has 28 heavy (non-hydrogen) atoms. The highest BCUT2D eigenvalue weighted by molar-refractivity contribution is 7.89. The van der Waals surface area contributed by atoms with Gasteiger partial charge in [0.05, 0.1) is 10.6 Å². The van der Waals surface area contributed by atoms with Crippen LogP contribution in [0.4, 0.5) is 0 Å². The standard InChI is InChI=1S/C19H24N4O3S2/c1-4-22(5-2)28(25,26)17-8-6-15(7-9-17)14(3)20-13-16-12-18(24)23-10-11-27-19(23)21-16/h6-12,14,20H,4-5,13H2,1-3H3/t14-/m1/s1. The summed E-state index contributed by atoms with van der Waals surface area (Å²) in [4.78, 5) is 17.5. The Kier molecular flexibility index (Phi) is 6.29. The third-order valence-electron chi connectivity index (χ3n) is 4.67. The molecule has 0 saturated heterocycles. The first-order valence-corrected chi connectivity index (χ1v) is 11.5. The fraction of sp³-hybridized carbons (Fsp3) is 0.368. The molecule has 1 N–H and O–H groups in total. The molecule has 1 atom stereocenters. The average Bonchev–Trinajstić information content (AvgIpc) is 3.16. The van der Waals surface area contributed by atoms with Crippen LogP contribution in [0.15, 0.2) is 51.6 Å². The van der Waals surface area contributed by atoms with Crippen LogP contribution in [0.25, 0.3) is 4.96 Å². The van der Waals surface area contributed by atoms with Crippen molar-refractivity contribution in [2.45, 2.75) is 38.3 Å². The molecule has 9 heteroatoms. The van der Waals surface area contributed by atoms with E-state index in [0.717, 1.165) is 5.56 Å². The lowest BCUT2D eigenvalue weighted by Crippen LogP contribution is -2.30. The van der Waals surface area contributed by atoms with Gasteiger partial charge in [-0.15, -0.1) is 11.3 Å². The zero-order valence-electron chi connectivity index (χ0n) is 16.1. The fourth-order valence-electron chi connectivity index (χ4n) is 2.99. The van der Waals surface area contributed by atoms with Gasteiger partial charge in [0, 0.05) is 43.3 Å². The van der Waals surface area contributed by atoms with Gasteiger partial charge in [0.1, 0.15) is 0 Å². The number of rotatable bonds is 8. The van der Waals surface area contributed by atoms with E-state index in [2.05, 4.69) is 10.3 Å². The average molecular weight is 421 g/mol. The molecule has 0 amide bonds. The lowest BCUT2D eigenvalue weighted by Gasteiger charge is -2.19. The van der Waals surface area contributed by atoms with Crippen molar-refractivity contribution >= 4 is 26.3 Å². The summed E-state index contributed by atoms with van der Waals surface area (Å²) in [7, 11) is -3.45. The molecule has 0 aliphatic heterocycles. The number of benzene rings is 1. The van der Waals surface area contributed by atoms with E-state index in [0.29, 0.717) is 35.2 Å². The minimum Gasteiger partial charge on any atom is -0.305 e. The smallest absolute Gasteiger partial charge is 0.258 e. The quantitative estimate of drug-likeness (QED) is 0.606. The number of hydrogen-bond donors (Lipinski definition) is 1. The van der Waals surface area contributed by atoms with Crippen LogP contribution < -0.4 is 10.9 Å². The monoisotopic (exact) mass is 420 g/mol. The highest BCUT2D eigenvalue weighted by Gasteiger charge is 2.21. The number of thiazole rings is 1. The first kappa shape index (κ1) is 20.7. The molecular weight excluding hydrogens is 396 g/mol. The van der Waals surface area contributed by atoms with Crippen LogP contribution in [0.2, 0.25) is 0 Å². The molecule has 2 aromatic heterocycles. The van der Waals surface area contributed by atoms with E-state index in [1.54, 1.807) is 18.3 Å². The Bertz CT molecular complexity index is 1100. The zero-order valence-corrected chi connectivity index (χ0v) is 17.8. The van der Waals surface area contributed by atoms with Crippen LogP contribution >= 0.6 is 11.3 Å². The van der Waals surface area contributed by atoms with Gasteiger partial charge < -0.3 is 5.32 Å². The van der Waals surface area contributed by atoms with Gasteiger partial charge in [-0.1, -0.05) is 26.0 Å². The number of nitrogens with one attached hydrogen (secondary N) is 1. The molecule has 0 bridgehead atoms. The van der Waals surface area contributed by atoms with Gasteiger partial charge >= 0.3 is 0 Å². The second kappa shape index (κ2) is 8.52. The molecule has 3 aromatic rings. The van der Waals surface area contributed by atoms with E-state index in [9.17, 15) is 13.2 Å². The lowest BCUT2D eigenvalue weighted by molar-refractivity contribution is 0.445. The van der Waals surface area contributed by atoms with Crippen LogP contribution in [-0.4, -0.2) is 35.2 Å². The fourth-order valence-corrected chi connectivity index (χ4v) is 5.19. The van der Waals surface area contributed by atoms with Crippen LogP contribution in [0, 0.1) is 0 Å². The summed E-state index contributed by atoms with van der Waals surface area (Å²) >= 11 is 1.42. The second-order valence-corrected chi connectivity index (χ2v) is 9.21. The molecular formula is C19H24N4O3S2. The third-order valence-corrected chi connectivity index (χ3v) is 7.49. The lowest BCUT2D eigenvalue weighted by atomic mass is 10.1. The molecule has 2 heterocycles. The van der Waals surface area contributed by atoms with Gasteiger partial charge in [0.25, 0.3) is 5.56 Å². The molecule has 0 radical (unpaired) electrons. The maximum atomic E-state index is 12.6. The Labute approximate surface area is 168 Å². The third kappa shape index (κ3) is 4.17. The number of hydrogen-bond acceptors (Lipinski definition) is 6. The predicted molar refractivity (Wildman–Crippen MR) is 111 cm³/mol. The van der Waals surface area contributed by atoms with Crippen LogP contribution in [0.5, 0.6) is 0 Å². The summed E-state index contributed by atoms with van der Waals surface area (Å²) in [6.07, 6.45) is 1.71. The molecule has 0 unspecified atom stereocenters. The summed E-state index contributed by atoms with van der Waals surface area (Å²) in [6.45, 7) is 6.98. The van der Waals surface area contributed by atoms with Gasteiger partial charge in [0.15, 0.2) is 4.96 Å². The molecule has 3 rings (SSSR count). The van der Waals surface area contributed by atoms with Crippen molar-refractivity contribution < 1.29 is 8.42 Å². The van der Waals surface area contributed by atoms with E-state index < -0.39 is 10.0 Å². The van der Waals surface area contributed by atoms with Gasteiger partial charge in [-0.3, -0.25) is 9.20 Å². The Hall–Kier alpha value is -2.07. The molecule has 0 spiro atoms. The molecule has 1 aromatic carbocycles. The molecule has 0 aliphatic carbocycles. The van der Waals surface area contributed by atoms with Crippen molar-refractivity contribution in [2.75, 3.05) is 13.1 Å². The minimum atomic E-state index is -3.45. The number of nitrogens with zero attached hydrogens (tertiary/aromatic N) is 3. The highest BCUT2D eigenvalue weighted by Crippen LogP contribution is 2.19. The minimum absolute atomic E-state index is 0.0196. The first-order chi connectivity index (χ1) is 13.4. The Morgan fingerprint density at radius 2 is 1.89 bits per heavy atom. The predicted octanol–water partition coefficient (Wildman–Crippen LogP) is 2.64. The van der Waals surface area contributed by atoms with E-state index in [4.69, 9.17) is 0 Å². The van der Waals surface area contributed by atoms with Crippen molar-refractivity contribution in [3.63, 3.8) is 0 Å². The topological polar surface area (TPSA) is 83.8 Å². The van der Waals surface area contributed by atoms with Gasteiger partial charge in [-0.25, -0.2) is 13.4 Å². The van der Waals surface area contributed by atoms with Crippen molar-refractivity contribution in [1.82, 2.24) is 19.0 Å². The first-order valence-electron chi connectivity index (χ1n) is 9.16. The number of fused-ring (bicyclic) bond motifs is 1. The molecule has 0 fully saturated rings. The van der Waals surface area contributed by atoms with E-state index in [1.165, 1.54) is 26.1 Å². The zero-order chi connectivity index (χ0) is 20.3. The summed E-state index contributed by atoms with van der Waals surface area (Å²) in [5, 5.41) is 5.17. The van der Waals surface area contributed by atoms with E-state index in [1.807, 2.05) is 38.3 Å². The van der Waals surface area contributed by atoms with Crippen molar-refractivity contribution in [1.29, 1.82) is 0 Å². The molecule has 7 nitrogen and oxygen atoms in total. The number of aromatic nitrogens is 2. The summed E-state index contributed by atoms with van der Waals surface area (Å²) < 4.78 is 28.1. The van der Waals surface area contributed by atoms with Gasteiger partial charge in [0.2, 0.25) is 10.0 Å². The Morgan fingerprint density at radius 1 is 1.21 bits per heavy atom. The van der Waals surface area contributed by atoms with Crippen LogP contribution in [-0.2, 0) is 16.6 Å². The molecule has 0 saturated carbocycles. The summed E-state index contributed by atoms with van der Waals surface area (Å²) in [5.41, 5.74) is 1.55. The normalized spacial score (nSPS) is 13.3. The summed E-state index contributed by atoms with van der Waals surface area (Å²) in [5.74, 6) is 0. The number of sulfonamides is 1. The van der Waals surface area contributed by atoms with E-state index >= 15 is 0 Å².